The molecule has 1 atom stereocenters. The third kappa shape index (κ3) is 3.29. The van der Waals surface area contributed by atoms with Crippen LogP contribution in [0, 0.1) is 0 Å². The molecule has 0 aliphatic carbocycles. The molecule has 0 spiro atoms. The second kappa shape index (κ2) is 7.15. The number of aliphatic hydroxyl groups is 1. The second-order valence-electron chi connectivity index (χ2n) is 7.32. The average molecular weight is 345 g/mol. The first-order valence-corrected chi connectivity index (χ1v) is 9.50. The molecule has 136 valence electrons. The maximum Gasteiger partial charge on any atom is 0.222 e. The lowest BCUT2D eigenvalue weighted by molar-refractivity contribution is -0.130. The molecule has 1 amide bonds. The Kier molecular flexibility index (Phi) is 4.74. The fourth-order valence-corrected chi connectivity index (χ4v) is 4.46. The highest BCUT2D eigenvalue weighted by molar-refractivity contribution is 5.78. The lowest BCUT2D eigenvalue weighted by Crippen LogP contribution is -2.45. The van der Waals surface area contributed by atoms with E-state index in [1.165, 1.54) is 0 Å². The van der Waals surface area contributed by atoms with Gasteiger partial charge in [-0.25, -0.2) is 9.97 Å². The first-order chi connectivity index (χ1) is 12.3. The SMILES string of the molecule is O=C1CCCN1C1CCN(c2cc(N3CCC[C@@H]3CO)ncn2)CC1. The molecule has 4 heterocycles. The van der Waals surface area contributed by atoms with E-state index in [9.17, 15) is 9.90 Å². The quantitative estimate of drug-likeness (QED) is 0.879. The molecule has 0 saturated carbocycles. The van der Waals surface area contributed by atoms with Gasteiger partial charge in [0.25, 0.3) is 0 Å². The van der Waals surface area contributed by atoms with Gasteiger partial charge in [-0.2, -0.15) is 0 Å². The predicted molar refractivity (Wildman–Crippen MR) is 95.7 cm³/mol. The van der Waals surface area contributed by atoms with Crippen LogP contribution in [-0.4, -0.2) is 70.8 Å². The van der Waals surface area contributed by atoms with Crippen molar-refractivity contribution in [2.45, 2.75) is 50.6 Å². The minimum Gasteiger partial charge on any atom is -0.394 e. The van der Waals surface area contributed by atoms with Gasteiger partial charge in [-0.15, -0.1) is 0 Å². The van der Waals surface area contributed by atoms with Crippen LogP contribution in [-0.2, 0) is 4.79 Å². The van der Waals surface area contributed by atoms with Gasteiger partial charge in [0.1, 0.15) is 18.0 Å². The summed E-state index contributed by atoms with van der Waals surface area (Å²) in [5.74, 6) is 2.20. The van der Waals surface area contributed by atoms with Gasteiger partial charge >= 0.3 is 0 Å². The number of carbonyl (C=O) groups excluding carboxylic acids is 1. The number of rotatable bonds is 4. The van der Waals surface area contributed by atoms with Crippen LogP contribution in [0.25, 0.3) is 0 Å². The zero-order valence-corrected chi connectivity index (χ0v) is 14.7. The number of amides is 1. The highest BCUT2D eigenvalue weighted by Gasteiger charge is 2.31. The van der Waals surface area contributed by atoms with E-state index < -0.39 is 0 Å². The van der Waals surface area contributed by atoms with E-state index >= 15 is 0 Å². The standard InChI is InChI=1S/C18H27N5O2/c24-12-15-3-1-7-22(15)17-11-16(19-13-20-17)21-9-5-14(6-10-21)23-8-2-4-18(23)25/h11,13-15,24H,1-10,12H2/t15-/m1/s1. The summed E-state index contributed by atoms with van der Waals surface area (Å²) in [6.45, 7) is 3.90. The third-order valence-corrected chi connectivity index (χ3v) is 5.86. The fourth-order valence-electron chi connectivity index (χ4n) is 4.46. The van der Waals surface area contributed by atoms with E-state index in [4.69, 9.17) is 0 Å². The molecule has 0 aromatic carbocycles. The van der Waals surface area contributed by atoms with Crippen LogP contribution in [0.2, 0.25) is 0 Å². The smallest absolute Gasteiger partial charge is 0.222 e. The molecule has 25 heavy (non-hydrogen) atoms. The van der Waals surface area contributed by atoms with Gasteiger partial charge in [0.2, 0.25) is 5.91 Å². The summed E-state index contributed by atoms with van der Waals surface area (Å²) in [5, 5.41) is 9.54. The zero-order chi connectivity index (χ0) is 17.2. The number of aromatic nitrogens is 2. The Balaban J connectivity index is 1.41. The van der Waals surface area contributed by atoms with E-state index in [-0.39, 0.29) is 12.6 Å². The van der Waals surface area contributed by atoms with Crippen molar-refractivity contribution in [1.82, 2.24) is 14.9 Å². The molecule has 1 N–H and O–H groups in total. The van der Waals surface area contributed by atoms with Crippen LogP contribution in [0.15, 0.2) is 12.4 Å². The van der Waals surface area contributed by atoms with Gasteiger partial charge in [-0.05, 0) is 32.1 Å². The minimum atomic E-state index is 0.175. The molecule has 3 aliphatic rings. The first-order valence-electron chi connectivity index (χ1n) is 9.50. The highest BCUT2D eigenvalue weighted by atomic mass is 16.3. The molecule has 3 aliphatic heterocycles. The molecule has 7 heteroatoms. The van der Waals surface area contributed by atoms with Crippen molar-refractivity contribution < 1.29 is 9.90 Å². The van der Waals surface area contributed by atoms with Crippen LogP contribution in [0.4, 0.5) is 11.6 Å². The van der Waals surface area contributed by atoms with Crippen molar-refractivity contribution in [3.8, 4) is 0 Å². The van der Waals surface area contributed by atoms with Gasteiger partial charge < -0.3 is 19.8 Å². The van der Waals surface area contributed by atoms with Gasteiger partial charge in [-0.3, -0.25) is 4.79 Å². The Morgan fingerprint density at radius 3 is 2.48 bits per heavy atom. The summed E-state index contributed by atoms with van der Waals surface area (Å²) in [4.78, 5) is 27.4. The summed E-state index contributed by atoms with van der Waals surface area (Å²) >= 11 is 0. The van der Waals surface area contributed by atoms with Crippen LogP contribution in [0.1, 0.15) is 38.5 Å². The van der Waals surface area contributed by atoms with Crippen LogP contribution in [0.5, 0.6) is 0 Å². The summed E-state index contributed by atoms with van der Waals surface area (Å²) in [6, 6.07) is 2.62. The molecule has 0 radical (unpaired) electrons. The number of nitrogens with zero attached hydrogens (tertiary/aromatic N) is 5. The number of piperidine rings is 1. The summed E-state index contributed by atoms with van der Waals surface area (Å²) in [5.41, 5.74) is 0. The van der Waals surface area contributed by atoms with E-state index in [1.807, 2.05) is 0 Å². The van der Waals surface area contributed by atoms with Crippen molar-refractivity contribution in [2.75, 3.05) is 42.6 Å². The molecule has 1 aromatic rings. The van der Waals surface area contributed by atoms with E-state index in [2.05, 4.69) is 30.7 Å². The molecule has 3 fully saturated rings. The van der Waals surface area contributed by atoms with Crippen LogP contribution >= 0.6 is 0 Å². The molecular weight excluding hydrogens is 318 g/mol. The number of hydrogen-bond donors (Lipinski definition) is 1. The van der Waals surface area contributed by atoms with E-state index in [0.717, 1.165) is 76.3 Å². The van der Waals surface area contributed by atoms with Crippen molar-refractivity contribution >= 4 is 17.5 Å². The fraction of sp³-hybridized carbons (Fsp3) is 0.722. The minimum absolute atomic E-state index is 0.175. The maximum atomic E-state index is 11.9. The monoisotopic (exact) mass is 345 g/mol. The summed E-state index contributed by atoms with van der Waals surface area (Å²) in [7, 11) is 0. The zero-order valence-electron chi connectivity index (χ0n) is 14.7. The lowest BCUT2D eigenvalue weighted by atomic mass is 10.0. The molecule has 3 saturated heterocycles. The summed E-state index contributed by atoms with van der Waals surface area (Å²) in [6.07, 6.45) is 7.49. The number of anilines is 2. The van der Waals surface area contributed by atoms with Crippen molar-refractivity contribution in [3.05, 3.63) is 12.4 Å². The predicted octanol–water partition coefficient (Wildman–Crippen LogP) is 1.03. The van der Waals surface area contributed by atoms with Crippen molar-refractivity contribution in [3.63, 3.8) is 0 Å². The van der Waals surface area contributed by atoms with Gasteiger partial charge in [0.15, 0.2) is 0 Å². The maximum absolute atomic E-state index is 11.9. The van der Waals surface area contributed by atoms with Gasteiger partial charge in [0, 0.05) is 44.7 Å². The average Bonchev–Trinajstić information content (AvgIpc) is 3.30. The number of aliphatic hydroxyl groups excluding tert-OH is 1. The molecule has 7 nitrogen and oxygen atoms in total. The normalized spacial score (nSPS) is 25.2. The highest BCUT2D eigenvalue weighted by Crippen LogP contribution is 2.28. The molecule has 4 rings (SSSR count). The topological polar surface area (TPSA) is 72.8 Å². The Morgan fingerprint density at radius 1 is 1.00 bits per heavy atom. The Hall–Kier alpha value is -1.89. The largest absolute Gasteiger partial charge is 0.394 e. The lowest BCUT2D eigenvalue weighted by Gasteiger charge is -2.37. The molecule has 1 aromatic heterocycles. The van der Waals surface area contributed by atoms with Crippen molar-refractivity contribution in [2.24, 2.45) is 0 Å². The first kappa shape index (κ1) is 16.6. The van der Waals surface area contributed by atoms with E-state index in [1.54, 1.807) is 6.33 Å². The molecule has 0 bridgehead atoms. The Labute approximate surface area is 148 Å². The molecular formula is C18H27N5O2. The third-order valence-electron chi connectivity index (χ3n) is 5.86. The van der Waals surface area contributed by atoms with E-state index in [0.29, 0.717) is 11.9 Å². The second-order valence-corrected chi connectivity index (χ2v) is 7.32. The van der Waals surface area contributed by atoms with Crippen LogP contribution < -0.4 is 9.80 Å². The van der Waals surface area contributed by atoms with Gasteiger partial charge in [-0.1, -0.05) is 0 Å². The number of likely N-dealkylation sites (tertiary alicyclic amines) is 1. The number of hydrogen-bond acceptors (Lipinski definition) is 6. The summed E-state index contributed by atoms with van der Waals surface area (Å²) < 4.78 is 0. The number of carbonyl (C=O) groups is 1. The molecule has 0 unspecified atom stereocenters. The van der Waals surface area contributed by atoms with Gasteiger partial charge in [0.05, 0.1) is 12.6 Å². The van der Waals surface area contributed by atoms with Crippen LogP contribution in [0.3, 0.4) is 0 Å². The van der Waals surface area contributed by atoms with Crippen molar-refractivity contribution in [1.29, 1.82) is 0 Å². The Bertz CT molecular complexity index is 617. The Morgan fingerprint density at radius 2 is 1.76 bits per heavy atom.